The number of hydrogen-bond acceptors (Lipinski definition) is 6. The van der Waals surface area contributed by atoms with E-state index in [0.717, 1.165) is 38.1 Å². The van der Waals surface area contributed by atoms with E-state index in [0.29, 0.717) is 11.1 Å². The number of fused-ring (bicyclic) bond motifs is 1. The Morgan fingerprint density at radius 1 is 1.14 bits per heavy atom. The average molecular weight is 395 g/mol. The molecule has 2 aliphatic rings. The van der Waals surface area contributed by atoms with Crippen LogP contribution in [0.3, 0.4) is 0 Å². The normalized spacial score (nSPS) is 21.7. The predicted octanol–water partition coefficient (Wildman–Crippen LogP) is 3.68. The quantitative estimate of drug-likeness (QED) is 0.658. The maximum atomic E-state index is 12.9. The van der Waals surface area contributed by atoms with Crippen LogP contribution < -0.4 is 0 Å². The highest BCUT2D eigenvalue weighted by Gasteiger charge is 2.44. The van der Waals surface area contributed by atoms with Gasteiger partial charge in [0.15, 0.2) is 5.16 Å². The Hall–Kier alpha value is -2.38. The number of rotatable bonds is 5. The number of benzene rings is 1. The van der Waals surface area contributed by atoms with Gasteiger partial charge in [0.2, 0.25) is 0 Å². The fourth-order valence-corrected chi connectivity index (χ4v) is 5.52. The Balaban J connectivity index is 1.31. The average Bonchev–Trinajstić information content (AvgIpc) is 3.46. The Morgan fingerprint density at radius 3 is 2.68 bits per heavy atom. The van der Waals surface area contributed by atoms with Gasteiger partial charge in [0, 0.05) is 0 Å². The van der Waals surface area contributed by atoms with Crippen LogP contribution >= 0.6 is 11.8 Å². The van der Waals surface area contributed by atoms with E-state index in [4.69, 9.17) is 4.42 Å². The third kappa shape index (κ3) is 3.29. The molecule has 1 fully saturated rings. The van der Waals surface area contributed by atoms with Gasteiger partial charge in [-0.1, -0.05) is 42.1 Å². The van der Waals surface area contributed by atoms with Gasteiger partial charge in [0.1, 0.15) is 17.3 Å². The maximum absolute atomic E-state index is 12.9. The lowest BCUT2D eigenvalue weighted by Gasteiger charge is -2.38. The summed E-state index contributed by atoms with van der Waals surface area (Å²) >= 11 is 1.49. The smallest absolute Gasteiger partial charge is 0.265 e. The van der Waals surface area contributed by atoms with Gasteiger partial charge in [-0.15, -0.1) is 0 Å². The minimum absolute atomic E-state index is 0.00897. The molecule has 5 rings (SSSR count). The number of thioether (sulfide) groups is 1. The van der Waals surface area contributed by atoms with Crippen molar-refractivity contribution in [3.8, 4) is 0 Å². The Labute approximate surface area is 167 Å². The fourth-order valence-electron chi connectivity index (χ4n) is 4.31. The molecule has 2 aliphatic heterocycles. The molecule has 0 N–H and O–H groups in total. The second kappa shape index (κ2) is 7.56. The first-order valence-corrected chi connectivity index (χ1v) is 10.6. The number of piperidine rings is 1. The van der Waals surface area contributed by atoms with Gasteiger partial charge < -0.3 is 4.42 Å². The van der Waals surface area contributed by atoms with E-state index in [9.17, 15) is 4.79 Å². The van der Waals surface area contributed by atoms with Crippen molar-refractivity contribution >= 4 is 17.7 Å². The van der Waals surface area contributed by atoms with Crippen molar-refractivity contribution in [2.45, 2.75) is 35.7 Å². The molecule has 0 aliphatic carbocycles. The SMILES string of the molecule is O=C1C(C(c2ccco2)N2CCC(Cc3ccccc3)CC2)Sc2ncnn21. The lowest BCUT2D eigenvalue weighted by Crippen LogP contribution is -2.43. The molecule has 144 valence electrons. The molecule has 2 unspecified atom stereocenters. The van der Waals surface area contributed by atoms with Crippen LogP contribution in [-0.4, -0.2) is 43.9 Å². The predicted molar refractivity (Wildman–Crippen MR) is 106 cm³/mol. The molecular formula is C21H22N4O2S. The van der Waals surface area contributed by atoms with Crippen molar-refractivity contribution in [1.29, 1.82) is 0 Å². The van der Waals surface area contributed by atoms with Gasteiger partial charge >= 0.3 is 0 Å². The molecule has 0 bridgehead atoms. The summed E-state index contributed by atoms with van der Waals surface area (Å²) in [6, 6.07) is 14.5. The first-order valence-electron chi connectivity index (χ1n) is 9.72. The van der Waals surface area contributed by atoms with Crippen LogP contribution in [0.1, 0.15) is 35.0 Å². The number of hydrogen-bond donors (Lipinski definition) is 0. The molecule has 1 aromatic carbocycles. The molecule has 0 radical (unpaired) electrons. The van der Waals surface area contributed by atoms with Crippen molar-refractivity contribution in [2.24, 2.45) is 5.92 Å². The van der Waals surface area contributed by atoms with E-state index >= 15 is 0 Å². The summed E-state index contributed by atoms with van der Waals surface area (Å²) in [5.74, 6) is 1.52. The highest BCUT2D eigenvalue weighted by molar-refractivity contribution is 8.00. The number of likely N-dealkylation sites (tertiary alicyclic amines) is 1. The van der Waals surface area contributed by atoms with E-state index < -0.39 is 0 Å². The Kier molecular flexibility index (Phi) is 4.78. The van der Waals surface area contributed by atoms with Crippen LogP contribution in [0, 0.1) is 5.92 Å². The van der Waals surface area contributed by atoms with Gasteiger partial charge in [-0.3, -0.25) is 9.69 Å². The molecule has 0 spiro atoms. The second-order valence-electron chi connectivity index (χ2n) is 7.46. The van der Waals surface area contributed by atoms with E-state index in [1.165, 1.54) is 28.3 Å². The molecule has 7 heteroatoms. The van der Waals surface area contributed by atoms with Crippen LogP contribution in [-0.2, 0) is 6.42 Å². The summed E-state index contributed by atoms with van der Waals surface area (Å²) < 4.78 is 7.17. The standard InChI is InChI=1S/C21H22N4O2S/c26-20-19(28-21-22-14-23-25(20)21)18(17-7-4-12-27-17)24-10-8-16(9-11-24)13-15-5-2-1-3-6-15/h1-7,12,14,16,18-19H,8-11,13H2. The van der Waals surface area contributed by atoms with E-state index in [1.54, 1.807) is 6.26 Å². The van der Waals surface area contributed by atoms with Crippen LogP contribution in [0.4, 0.5) is 0 Å². The molecule has 1 saturated heterocycles. The molecule has 2 aromatic heterocycles. The summed E-state index contributed by atoms with van der Waals surface area (Å²) in [5.41, 5.74) is 1.40. The number of nitrogens with zero attached hydrogens (tertiary/aromatic N) is 4. The van der Waals surface area contributed by atoms with Gasteiger partial charge in [-0.25, -0.2) is 4.98 Å². The zero-order chi connectivity index (χ0) is 18.9. The lowest BCUT2D eigenvalue weighted by atomic mass is 9.89. The first kappa shape index (κ1) is 17.7. The fraction of sp³-hybridized carbons (Fsp3) is 0.381. The molecule has 4 heterocycles. The monoisotopic (exact) mass is 394 g/mol. The summed E-state index contributed by atoms with van der Waals surface area (Å²) in [5, 5.41) is 4.48. The van der Waals surface area contributed by atoms with Crippen LogP contribution in [0.5, 0.6) is 0 Å². The Morgan fingerprint density at radius 2 is 1.96 bits per heavy atom. The summed E-state index contributed by atoms with van der Waals surface area (Å²) in [4.78, 5) is 19.5. The highest BCUT2D eigenvalue weighted by Crippen LogP contribution is 2.42. The highest BCUT2D eigenvalue weighted by atomic mass is 32.2. The summed E-state index contributed by atoms with van der Waals surface area (Å²) in [7, 11) is 0. The number of carbonyl (C=O) groups excluding carboxylic acids is 1. The van der Waals surface area contributed by atoms with E-state index in [1.807, 2.05) is 12.1 Å². The zero-order valence-corrected chi connectivity index (χ0v) is 16.3. The summed E-state index contributed by atoms with van der Waals surface area (Å²) in [6.07, 6.45) is 6.50. The molecule has 0 saturated carbocycles. The Bertz CT molecular complexity index is 932. The number of aromatic nitrogens is 3. The third-order valence-electron chi connectivity index (χ3n) is 5.73. The largest absolute Gasteiger partial charge is 0.468 e. The summed E-state index contributed by atoms with van der Waals surface area (Å²) in [6.45, 7) is 1.92. The molecular weight excluding hydrogens is 372 g/mol. The molecule has 0 amide bonds. The van der Waals surface area contributed by atoms with Gasteiger partial charge in [0.25, 0.3) is 5.91 Å². The maximum Gasteiger partial charge on any atom is 0.265 e. The molecule has 2 atom stereocenters. The molecule has 6 nitrogen and oxygen atoms in total. The van der Waals surface area contributed by atoms with E-state index in [-0.39, 0.29) is 17.2 Å². The first-order chi connectivity index (χ1) is 13.8. The van der Waals surface area contributed by atoms with Gasteiger partial charge in [-0.2, -0.15) is 9.78 Å². The number of furan rings is 1. The minimum atomic E-state index is -0.270. The van der Waals surface area contributed by atoms with Gasteiger partial charge in [0.05, 0.1) is 12.3 Å². The number of carbonyl (C=O) groups is 1. The molecule has 3 aromatic rings. The van der Waals surface area contributed by atoms with Crippen LogP contribution in [0.15, 0.2) is 64.6 Å². The topological polar surface area (TPSA) is 64.2 Å². The minimum Gasteiger partial charge on any atom is -0.468 e. The lowest BCUT2D eigenvalue weighted by molar-refractivity contribution is 0.0764. The second-order valence-corrected chi connectivity index (χ2v) is 8.57. The van der Waals surface area contributed by atoms with Crippen LogP contribution in [0.2, 0.25) is 0 Å². The van der Waals surface area contributed by atoms with Crippen molar-refractivity contribution in [1.82, 2.24) is 19.7 Å². The van der Waals surface area contributed by atoms with Gasteiger partial charge in [-0.05, 0) is 56.0 Å². The van der Waals surface area contributed by atoms with Crippen molar-refractivity contribution in [2.75, 3.05) is 13.1 Å². The zero-order valence-electron chi connectivity index (χ0n) is 15.5. The van der Waals surface area contributed by atoms with Crippen molar-refractivity contribution < 1.29 is 9.21 Å². The van der Waals surface area contributed by atoms with Crippen molar-refractivity contribution in [3.05, 3.63) is 66.4 Å². The third-order valence-corrected chi connectivity index (χ3v) is 6.93. The van der Waals surface area contributed by atoms with Crippen LogP contribution in [0.25, 0.3) is 0 Å². The molecule has 28 heavy (non-hydrogen) atoms. The van der Waals surface area contributed by atoms with Crippen molar-refractivity contribution in [3.63, 3.8) is 0 Å². The van der Waals surface area contributed by atoms with E-state index in [2.05, 4.69) is 45.3 Å².